The first-order valence-corrected chi connectivity index (χ1v) is 8.39. The molecule has 6 nitrogen and oxygen atoms in total. The van der Waals surface area contributed by atoms with Crippen LogP contribution in [0, 0.1) is 0 Å². The fraction of sp³-hybridized carbons (Fsp3) is 0.556. The van der Waals surface area contributed by atoms with Crippen molar-refractivity contribution in [2.75, 3.05) is 13.7 Å². The van der Waals surface area contributed by atoms with Crippen molar-refractivity contribution in [2.45, 2.75) is 50.6 Å². The Morgan fingerprint density at radius 3 is 2.44 bits per heavy atom. The summed E-state index contributed by atoms with van der Waals surface area (Å²) in [5.41, 5.74) is 6.43. The Bertz CT molecular complexity index is 557. The van der Waals surface area contributed by atoms with E-state index in [0.29, 0.717) is 26.0 Å². The van der Waals surface area contributed by atoms with Crippen LogP contribution in [0.4, 0.5) is 0 Å². The molecule has 3 N–H and O–H groups in total. The van der Waals surface area contributed by atoms with E-state index in [-0.39, 0.29) is 24.3 Å². The van der Waals surface area contributed by atoms with Gasteiger partial charge in [0.05, 0.1) is 19.3 Å². The largest absolute Gasteiger partial charge is 0.494 e. The van der Waals surface area contributed by atoms with E-state index in [9.17, 15) is 9.59 Å². The first-order chi connectivity index (χ1) is 11.5. The molecule has 1 fully saturated rings. The van der Waals surface area contributed by atoms with E-state index in [1.54, 1.807) is 0 Å². The molecule has 1 aliphatic rings. The highest BCUT2D eigenvalue weighted by Gasteiger charge is 2.36. The number of carbonyl (C=O) groups is 2. The summed E-state index contributed by atoms with van der Waals surface area (Å²) in [6.07, 6.45) is 4.52. The molecule has 1 amide bonds. The van der Waals surface area contributed by atoms with Gasteiger partial charge in [0.25, 0.3) is 0 Å². The molecule has 1 aromatic rings. The van der Waals surface area contributed by atoms with Crippen LogP contribution in [0.15, 0.2) is 24.3 Å². The van der Waals surface area contributed by atoms with Gasteiger partial charge in [-0.1, -0.05) is 25.0 Å². The second-order valence-electron chi connectivity index (χ2n) is 6.22. The number of hydrogen-bond donors (Lipinski definition) is 2. The summed E-state index contributed by atoms with van der Waals surface area (Å²) in [7, 11) is 1.37. The van der Waals surface area contributed by atoms with E-state index in [2.05, 4.69) is 10.1 Å². The molecule has 25 heavy (non-hydrogen) atoms. The SMILES string of the molecule is COC(=O)CCCOc1ccc(CNC(=O)C2(N)CCCC2)cc1.Cl. The normalized spacial score (nSPS) is 15.1. The van der Waals surface area contributed by atoms with Gasteiger partial charge in [-0.2, -0.15) is 0 Å². The number of halogens is 1. The Balaban J connectivity index is 0.00000312. The number of ether oxygens (including phenoxy) is 2. The zero-order valence-electron chi connectivity index (χ0n) is 14.6. The Kier molecular flexibility index (Phi) is 8.72. The molecular formula is C18H27ClN2O4. The lowest BCUT2D eigenvalue weighted by atomic mass is 9.98. The second-order valence-corrected chi connectivity index (χ2v) is 6.22. The van der Waals surface area contributed by atoms with E-state index >= 15 is 0 Å². The number of esters is 1. The maximum Gasteiger partial charge on any atom is 0.305 e. The van der Waals surface area contributed by atoms with Crippen molar-refractivity contribution in [1.82, 2.24) is 5.32 Å². The molecule has 0 bridgehead atoms. The van der Waals surface area contributed by atoms with Crippen molar-refractivity contribution in [3.63, 3.8) is 0 Å². The summed E-state index contributed by atoms with van der Waals surface area (Å²) in [6.45, 7) is 0.918. The first-order valence-electron chi connectivity index (χ1n) is 8.39. The van der Waals surface area contributed by atoms with E-state index in [1.165, 1.54) is 7.11 Å². The molecule has 1 aromatic carbocycles. The summed E-state index contributed by atoms with van der Waals surface area (Å²) < 4.78 is 10.1. The molecule has 0 aromatic heterocycles. The van der Waals surface area contributed by atoms with Gasteiger partial charge >= 0.3 is 5.97 Å². The number of methoxy groups -OCH3 is 1. The number of nitrogens with one attached hydrogen (secondary N) is 1. The second kappa shape index (κ2) is 10.3. The third-order valence-corrected chi connectivity index (χ3v) is 4.35. The molecule has 2 rings (SSSR count). The van der Waals surface area contributed by atoms with Gasteiger partial charge in [0, 0.05) is 13.0 Å². The molecule has 1 aliphatic carbocycles. The zero-order chi connectivity index (χ0) is 17.4. The van der Waals surface area contributed by atoms with Crippen LogP contribution in [-0.2, 0) is 20.9 Å². The van der Waals surface area contributed by atoms with Crippen LogP contribution < -0.4 is 15.8 Å². The van der Waals surface area contributed by atoms with Crippen LogP contribution in [0.1, 0.15) is 44.1 Å². The van der Waals surface area contributed by atoms with Gasteiger partial charge < -0.3 is 20.5 Å². The van der Waals surface area contributed by atoms with Gasteiger partial charge in [-0.25, -0.2) is 0 Å². The van der Waals surface area contributed by atoms with Crippen molar-refractivity contribution in [1.29, 1.82) is 0 Å². The molecule has 0 saturated heterocycles. The van der Waals surface area contributed by atoms with Gasteiger partial charge in [0.15, 0.2) is 0 Å². The Labute approximate surface area is 154 Å². The Morgan fingerprint density at radius 1 is 1.20 bits per heavy atom. The Morgan fingerprint density at radius 2 is 1.84 bits per heavy atom. The van der Waals surface area contributed by atoms with Crippen LogP contribution in [-0.4, -0.2) is 31.1 Å². The number of nitrogens with two attached hydrogens (primary N) is 1. The molecule has 0 atom stereocenters. The lowest BCUT2D eigenvalue weighted by Crippen LogP contribution is -2.51. The third kappa shape index (κ3) is 6.55. The predicted octanol–water partition coefficient (Wildman–Crippen LogP) is 2.33. The molecule has 140 valence electrons. The fourth-order valence-corrected chi connectivity index (χ4v) is 2.80. The minimum absolute atomic E-state index is 0. The van der Waals surface area contributed by atoms with E-state index < -0.39 is 5.54 Å². The average Bonchev–Trinajstić information content (AvgIpc) is 3.05. The molecule has 0 spiro atoms. The van der Waals surface area contributed by atoms with Crippen molar-refractivity contribution in [3.8, 4) is 5.75 Å². The standard InChI is InChI=1S/C18H26N2O4.ClH/c1-23-16(21)5-4-12-24-15-8-6-14(7-9-15)13-20-17(22)18(19)10-2-3-11-18;/h6-9H,2-5,10-13,19H2,1H3,(H,20,22);1H. The number of rotatable bonds is 8. The average molecular weight is 371 g/mol. The van der Waals surface area contributed by atoms with Crippen LogP contribution >= 0.6 is 12.4 Å². The van der Waals surface area contributed by atoms with Gasteiger partial charge in [0.2, 0.25) is 5.91 Å². The maximum absolute atomic E-state index is 12.2. The summed E-state index contributed by atoms with van der Waals surface area (Å²) in [5, 5.41) is 2.92. The van der Waals surface area contributed by atoms with E-state index in [0.717, 1.165) is 37.0 Å². The summed E-state index contributed by atoms with van der Waals surface area (Å²) in [5.74, 6) is 0.439. The summed E-state index contributed by atoms with van der Waals surface area (Å²) in [6, 6.07) is 7.53. The summed E-state index contributed by atoms with van der Waals surface area (Å²) in [4.78, 5) is 23.2. The number of benzene rings is 1. The smallest absolute Gasteiger partial charge is 0.305 e. The highest BCUT2D eigenvalue weighted by atomic mass is 35.5. The summed E-state index contributed by atoms with van der Waals surface area (Å²) >= 11 is 0. The van der Waals surface area contributed by atoms with Gasteiger partial charge in [-0.05, 0) is 37.0 Å². The van der Waals surface area contributed by atoms with Crippen molar-refractivity contribution >= 4 is 24.3 Å². The number of carbonyl (C=O) groups excluding carboxylic acids is 2. The predicted molar refractivity (Wildman–Crippen MR) is 97.7 cm³/mol. The number of hydrogen-bond acceptors (Lipinski definition) is 5. The topological polar surface area (TPSA) is 90.6 Å². The lowest BCUT2D eigenvalue weighted by molar-refractivity contribution is -0.140. The fourth-order valence-electron chi connectivity index (χ4n) is 2.80. The minimum Gasteiger partial charge on any atom is -0.494 e. The maximum atomic E-state index is 12.2. The van der Waals surface area contributed by atoms with E-state index in [4.69, 9.17) is 10.5 Å². The zero-order valence-corrected chi connectivity index (χ0v) is 15.4. The lowest BCUT2D eigenvalue weighted by Gasteiger charge is -2.22. The van der Waals surface area contributed by atoms with Gasteiger partial charge in [0.1, 0.15) is 5.75 Å². The van der Waals surface area contributed by atoms with Gasteiger partial charge in [-0.15, -0.1) is 12.4 Å². The van der Waals surface area contributed by atoms with Crippen LogP contribution in [0.3, 0.4) is 0 Å². The molecule has 0 radical (unpaired) electrons. The molecule has 7 heteroatoms. The minimum atomic E-state index is -0.692. The first kappa shape index (κ1) is 21.3. The monoisotopic (exact) mass is 370 g/mol. The quantitative estimate of drug-likeness (QED) is 0.541. The Hall–Kier alpha value is -1.79. The van der Waals surface area contributed by atoms with E-state index in [1.807, 2.05) is 24.3 Å². The highest BCUT2D eigenvalue weighted by molar-refractivity contribution is 5.86. The van der Waals surface area contributed by atoms with Gasteiger partial charge in [-0.3, -0.25) is 9.59 Å². The van der Waals surface area contributed by atoms with Crippen LogP contribution in [0.2, 0.25) is 0 Å². The number of amides is 1. The molecule has 0 aliphatic heterocycles. The van der Waals surface area contributed by atoms with Crippen LogP contribution in [0.5, 0.6) is 5.75 Å². The van der Waals surface area contributed by atoms with Crippen molar-refractivity contribution in [3.05, 3.63) is 29.8 Å². The van der Waals surface area contributed by atoms with Crippen LogP contribution in [0.25, 0.3) is 0 Å². The third-order valence-electron chi connectivity index (χ3n) is 4.35. The molecule has 1 saturated carbocycles. The van der Waals surface area contributed by atoms with Crippen molar-refractivity contribution < 1.29 is 19.1 Å². The molecular weight excluding hydrogens is 344 g/mol. The highest BCUT2D eigenvalue weighted by Crippen LogP contribution is 2.27. The van der Waals surface area contributed by atoms with Crippen molar-refractivity contribution in [2.24, 2.45) is 5.73 Å². The molecule has 0 heterocycles. The molecule has 0 unspecified atom stereocenters.